The van der Waals surface area contributed by atoms with Gasteiger partial charge in [-0.05, 0) is 48.9 Å². The monoisotopic (exact) mass is 298 g/mol. The van der Waals surface area contributed by atoms with E-state index in [1.165, 1.54) is 11.1 Å². The molecule has 4 N–H and O–H groups in total. The molecule has 0 aromatic heterocycles. The predicted molar refractivity (Wildman–Crippen MR) is 96.7 cm³/mol. The molecule has 2 heteroatoms. The standard InChI is InChI=1S/2C10H15N/c2*1-9(8-11)7-10-5-3-2-4-6-10/h2*2-6,9H,7-8,11H2,1H3. The van der Waals surface area contributed by atoms with Crippen LogP contribution in [0.1, 0.15) is 25.0 Å². The number of nitrogens with two attached hydrogens (primary N) is 2. The number of hydrogen-bond acceptors (Lipinski definition) is 2. The molecule has 2 nitrogen and oxygen atoms in total. The molecule has 0 aliphatic carbocycles. The third-order valence-corrected chi connectivity index (χ3v) is 3.66. The number of benzene rings is 2. The lowest BCUT2D eigenvalue weighted by Crippen LogP contribution is -2.12. The summed E-state index contributed by atoms with van der Waals surface area (Å²) in [6.07, 6.45) is 2.19. The molecule has 2 aromatic rings. The maximum atomic E-state index is 5.52. The minimum atomic E-state index is 0.595. The summed E-state index contributed by atoms with van der Waals surface area (Å²) in [4.78, 5) is 0. The zero-order valence-corrected chi connectivity index (χ0v) is 13.9. The van der Waals surface area contributed by atoms with Crippen LogP contribution in [0.15, 0.2) is 60.7 Å². The molecule has 2 rings (SSSR count). The molecule has 2 unspecified atom stereocenters. The summed E-state index contributed by atoms with van der Waals surface area (Å²) in [5, 5.41) is 0. The SMILES string of the molecule is CC(CN)Cc1ccccc1.CC(CN)Cc1ccccc1. The van der Waals surface area contributed by atoms with Crippen molar-refractivity contribution in [3.63, 3.8) is 0 Å². The van der Waals surface area contributed by atoms with Gasteiger partial charge in [0.2, 0.25) is 0 Å². The van der Waals surface area contributed by atoms with Crippen molar-refractivity contribution < 1.29 is 0 Å². The Balaban J connectivity index is 0.000000220. The first-order valence-corrected chi connectivity index (χ1v) is 8.13. The van der Waals surface area contributed by atoms with E-state index in [1.54, 1.807) is 0 Å². The lowest BCUT2D eigenvalue weighted by molar-refractivity contribution is 0.593. The maximum Gasteiger partial charge on any atom is -0.00483 e. The second kappa shape index (κ2) is 11.0. The molecule has 0 heterocycles. The van der Waals surface area contributed by atoms with Crippen LogP contribution in [-0.2, 0) is 12.8 Å². The Kier molecular flexibility index (Phi) is 9.20. The summed E-state index contributed by atoms with van der Waals surface area (Å²) >= 11 is 0. The molecular weight excluding hydrogens is 268 g/mol. The molecule has 22 heavy (non-hydrogen) atoms. The van der Waals surface area contributed by atoms with Gasteiger partial charge < -0.3 is 11.5 Å². The second-order valence-electron chi connectivity index (χ2n) is 6.06. The fourth-order valence-electron chi connectivity index (χ4n) is 2.20. The Morgan fingerprint density at radius 2 is 0.955 bits per heavy atom. The van der Waals surface area contributed by atoms with Gasteiger partial charge in [-0.3, -0.25) is 0 Å². The van der Waals surface area contributed by atoms with E-state index in [4.69, 9.17) is 11.5 Å². The predicted octanol–water partition coefficient (Wildman–Crippen LogP) is 3.65. The Morgan fingerprint density at radius 1 is 0.636 bits per heavy atom. The first-order chi connectivity index (χ1) is 10.7. The first-order valence-electron chi connectivity index (χ1n) is 8.13. The molecule has 2 aromatic carbocycles. The molecular formula is C20H30N2. The van der Waals surface area contributed by atoms with Crippen molar-refractivity contribution in [2.24, 2.45) is 23.3 Å². The third kappa shape index (κ3) is 7.96. The van der Waals surface area contributed by atoms with Gasteiger partial charge in [-0.2, -0.15) is 0 Å². The Bertz CT molecular complexity index is 434. The largest absolute Gasteiger partial charge is 0.330 e. The molecule has 0 bridgehead atoms. The summed E-state index contributed by atoms with van der Waals surface area (Å²) in [5.41, 5.74) is 13.8. The fourth-order valence-corrected chi connectivity index (χ4v) is 2.20. The maximum absolute atomic E-state index is 5.52. The van der Waals surface area contributed by atoms with Crippen molar-refractivity contribution in [1.29, 1.82) is 0 Å². The van der Waals surface area contributed by atoms with Gasteiger partial charge in [0.25, 0.3) is 0 Å². The van der Waals surface area contributed by atoms with Gasteiger partial charge in [0.1, 0.15) is 0 Å². The molecule has 120 valence electrons. The van der Waals surface area contributed by atoms with E-state index in [-0.39, 0.29) is 0 Å². The topological polar surface area (TPSA) is 52.0 Å². The zero-order valence-electron chi connectivity index (χ0n) is 13.9. The molecule has 0 fully saturated rings. The van der Waals surface area contributed by atoms with Crippen molar-refractivity contribution in [3.8, 4) is 0 Å². The van der Waals surface area contributed by atoms with E-state index in [9.17, 15) is 0 Å². The molecule has 2 atom stereocenters. The van der Waals surface area contributed by atoms with E-state index in [2.05, 4.69) is 62.4 Å². The van der Waals surface area contributed by atoms with E-state index in [0.29, 0.717) is 11.8 Å². The summed E-state index contributed by atoms with van der Waals surface area (Å²) in [7, 11) is 0. The quantitative estimate of drug-likeness (QED) is 0.855. The van der Waals surface area contributed by atoms with E-state index < -0.39 is 0 Å². The van der Waals surface area contributed by atoms with Crippen LogP contribution >= 0.6 is 0 Å². The van der Waals surface area contributed by atoms with E-state index >= 15 is 0 Å². The average Bonchev–Trinajstić information content (AvgIpc) is 2.57. The molecule has 0 aliphatic heterocycles. The third-order valence-electron chi connectivity index (χ3n) is 3.66. The molecule has 0 spiro atoms. The van der Waals surface area contributed by atoms with Crippen molar-refractivity contribution >= 4 is 0 Å². The molecule has 0 aliphatic rings. The minimum absolute atomic E-state index is 0.595. The normalized spacial score (nSPS) is 12.9. The summed E-state index contributed by atoms with van der Waals surface area (Å²) in [6.45, 7) is 5.89. The highest BCUT2D eigenvalue weighted by molar-refractivity contribution is 5.15. The van der Waals surface area contributed by atoms with Gasteiger partial charge in [-0.25, -0.2) is 0 Å². The molecule has 0 amide bonds. The van der Waals surface area contributed by atoms with Crippen LogP contribution in [-0.4, -0.2) is 13.1 Å². The Labute approximate surface area is 135 Å². The van der Waals surface area contributed by atoms with Gasteiger partial charge >= 0.3 is 0 Å². The van der Waals surface area contributed by atoms with Crippen LogP contribution in [0.2, 0.25) is 0 Å². The highest BCUT2D eigenvalue weighted by Crippen LogP contribution is 2.06. The Hall–Kier alpha value is -1.64. The van der Waals surface area contributed by atoms with Crippen LogP contribution in [0.4, 0.5) is 0 Å². The van der Waals surface area contributed by atoms with Crippen LogP contribution in [0.5, 0.6) is 0 Å². The summed E-state index contributed by atoms with van der Waals surface area (Å²) < 4.78 is 0. The fraction of sp³-hybridized carbons (Fsp3) is 0.400. The average molecular weight is 298 g/mol. The summed E-state index contributed by atoms with van der Waals surface area (Å²) in [5.74, 6) is 1.19. The Morgan fingerprint density at radius 3 is 1.23 bits per heavy atom. The van der Waals surface area contributed by atoms with Gasteiger partial charge in [0.15, 0.2) is 0 Å². The van der Waals surface area contributed by atoms with Crippen molar-refractivity contribution in [2.75, 3.05) is 13.1 Å². The minimum Gasteiger partial charge on any atom is -0.330 e. The number of rotatable bonds is 6. The first kappa shape index (κ1) is 18.4. The number of hydrogen-bond donors (Lipinski definition) is 2. The molecule has 0 saturated carbocycles. The van der Waals surface area contributed by atoms with Crippen molar-refractivity contribution in [3.05, 3.63) is 71.8 Å². The van der Waals surface area contributed by atoms with Crippen LogP contribution in [0.25, 0.3) is 0 Å². The smallest absolute Gasteiger partial charge is 0.00483 e. The van der Waals surface area contributed by atoms with Gasteiger partial charge in [0.05, 0.1) is 0 Å². The van der Waals surface area contributed by atoms with Gasteiger partial charge in [-0.1, -0.05) is 74.5 Å². The van der Waals surface area contributed by atoms with E-state index in [1.807, 2.05) is 12.1 Å². The highest BCUT2D eigenvalue weighted by Gasteiger charge is 1.99. The lowest BCUT2D eigenvalue weighted by Gasteiger charge is -2.06. The van der Waals surface area contributed by atoms with Crippen LogP contribution in [0.3, 0.4) is 0 Å². The molecule has 0 saturated heterocycles. The van der Waals surface area contributed by atoms with Crippen LogP contribution < -0.4 is 11.5 Å². The van der Waals surface area contributed by atoms with Gasteiger partial charge in [0, 0.05) is 0 Å². The second-order valence-corrected chi connectivity index (χ2v) is 6.06. The van der Waals surface area contributed by atoms with Crippen molar-refractivity contribution in [1.82, 2.24) is 0 Å². The van der Waals surface area contributed by atoms with E-state index in [0.717, 1.165) is 25.9 Å². The lowest BCUT2D eigenvalue weighted by atomic mass is 10.0. The highest BCUT2D eigenvalue weighted by atomic mass is 14.5. The van der Waals surface area contributed by atoms with Crippen LogP contribution in [0, 0.1) is 11.8 Å². The van der Waals surface area contributed by atoms with Crippen molar-refractivity contribution in [2.45, 2.75) is 26.7 Å². The zero-order chi connectivity index (χ0) is 16.2. The molecule has 0 radical (unpaired) electrons. The summed E-state index contributed by atoms with van der Waals surface area (Å²) in [6, 6.07) is 20.9. The van der Waals surface area contributed by atoms with Gasteiger partial charge in [-0.15, -0.1) is 0 Å².